The van der Waals surface area contributed by atoms with Crippen LogP contribution in [0.2, 0.25) is 5.02 Å². The van der Waals surface area contributed by atoms with Gasteiger partial charge in [-0.05, 0) is 24.1 Å². The maximum absolute atomic E-state index is 10.8. The number of nitrogens with zero attached hydrogens (tertiary/aromatic N) is 2. The van der Waals surface area contributed by atoms with E-state index >= 15 is 0 Å². The number of benzene rings is 1. The third kappa shape index (κ3) is 3.72. The van der Waals surface area contributed by atoms with Gasteiger partial charge < -0.3 is 11.1 Å². The van der Waals surface area contributed by atoms with Gasteiger partial charge in [0.2, 0.25) is 5.91 Å². The number of hydrogen-bond donors (Lipinski definition) is 2. The number of aryl methyl sites for hydroxylation is 1. The quantitative estimate of drug-likeness (QED) is 0.878. The Labute approximate surface area is 116 Å². The van der Waals surface area contributed by atoms with Crippen LogP contribution in [0, 0.1) is 6.92 Å². The first kappa shape index (κ1) is 13.4. The normalized spacial score (nSPS) is 10.4. The summed E-state index contributed by atoms with van der Waals surface area (Å²) in [6.07, 6.45) is 3.39. The minimum absolute atomic E-state index is 0.0814. The zero-order valence-electron chi connectivity index (χ0n) is 10.6. The summed E-state index contributed by atoms with van der Waals surface area (Å²) < 4.78 is 1.49. The van der Waals surface area contributed by atoms with Crippen molar-refractivity contribution in [2.24, 2.45) is 5.73 Å². The van der Waals surface area contributed by atoms with E-state index in [1.807, 2.05) is 25.1 Å². The van der Waals surface area contributed by atoms with Gasteiger partial charge in [0.05, 0.1) is 11.9 Å². The van der Waals surface area contributed by atoms with E-state index in [0.29, 0.717) is 6.54 Å². The van der Waals surface area contributed by atoms with Crippen LogP contribution in [0.15, 0.2) is 30.6 Å². The maximum atomic E-state index is 10.8. The molecule has 19 heavy (non-hydrogen) atoms. The highest BCUT2D eigenvalue weighted by atomic mass is 35.5. The van der Waals surface area contributed by atoms with Crippen LogP contribution in [0.25, 0.3) is 0 Å². The average Bonchev–Trinajstić information content (AvgIpc) is 2.77. The molecular formula is C13H15ClN4O. The minimum Gasteiger partial charge on any atom is -0.378 e. The lowest BCUT2D eigenvalue weighted by Crippen LogP contribution is -2.18. The zero-order chi connectivity index (χ0) is 13.8. The van der Waals surface area contributed by atoms with Crippen LogP contribution < -0.4 is 11.1 Å². The van der Waals surface area contributed by atoms with Crippen LogP contribution in [0.3, 0.4) is 0 Å². The van der Waals surface area contributed by atoms with E-state index in [4.69, 9.17) is 17.3 Å². The molecule has 0 aliphatic heterocycles. The van der Waals surface area contributed by atoms with E-state index in [-0.39, 0.29) is 6.54 Å². The number of halogens is 1. The van der Waals surface area contributed by atoms with Gasteiger partial charge in [-0.15, -0.1) is 0 Å². The van der Waals surface area contributed by atoms with Gasteiger partial charge in [-0.1, -0.05) is 23.7 Å². The first-order valence-electron chi connectivity index (χ1n) is 5.84. The molecule has 0 unspecified atom stereocenters. The number of primary amides is 1. The van der Waals surface area contributed by atoms with Gasteiger partial charge in [0.25, 0.3) is 0 Å². The predicted molar refractivity (Wildman–Crippen MR) is 74.9 cm³/mol. The second kappa shape index (κ2) is 5.75. The van der Waals surface area contributed by atoms with Crippen LogP contribution in [-0.4, -0.2) is 15.7 Å². The molecule has 3 N–H and O–H groups in total. The molecule has 6 heteroatoms. The van der Waals surface area contributed by atoms with Crippen LogP contribution in [0.4, 0.5) is 5.69 Å². The van der Waals surface area contributed by atoms with Crippen molar-refractivity contribution in [3.05, 3.63) is 46.7 Å². The topological polar surface area (TPSA) is 72.9 Å². The first-order chi connectivity index (χ1) is 9.04. The number of anilines is 1. The molecule has 0 atom stereocenters. The third-order valence-corrected chi connectivity index (χ3v) is 3.09. The van der Waals surface area contributed by atoms with Gasteiger partial charge >= 0.3 is 0 Å². The molecule has 0 radical (unpaired) electrons. The highest BCUT2D eigenvalue weighted by Crippen LogP contribution is 2.17. The minimum atomic E-state index is -0.417. The lowest BCUT2D eigenvalue weighted by Gasteiger charge is -2.05. The fraction of sp³-hybridized carbons (Fsp3) is 0.231. The molecule has 0 saturated carbocycles. The Kier molecular flexibility index (Phi) is 4.06. The molecule has 1 heterocycles. The van der Waals surface area contributed by atoms with Crippen molar-refractivity contribution < 1.29 is 4.79 Å². The molecule has 1 aromatic carbocycles. The summed E-state index contributed by atoms with van der Waals surface area (Å²) >= 11 is 6.06. The molecule has 2 aromatic rings. The maximum Gasteiger partial charge on any atom is 0.239 e. The van der Waals surface area contributed by atoms with Crippen molar-refractivity contribution >= 4 is 23.2 Å². The van der Waals surface area contributed by atoms with E-state index in [0.717, 1.165) is 21.8 Å². The number of nitrogens with two attached hydrogens (primary N) is 1. The number of rotatable bonds is 5. The molecule has 0 spiro atoms. The smallest absolute Gasteiger partial charge is 0.239 e. The van der Waals surface area contributed by atoms with Crippen LogP contribution in [0.1, 0.15) is 11.1 Å². The molecule has 5 nitrogen and oxygen atoms in total. The van der Waals surface area contributed by atoms with Crippen LogP contribution in [-0.2, 0) is 17.9 Å². The molecule has 1 aromatic heterocycles. The van der Waals surface area contributed by atoms with Crippen molar-refractivity contribution in [1.82, 2.24) is 9.78 Å². The number of hydrogen-bond acceptors (Lipinski definition) is 3. The van der Waals surface area contributed by atoms with E-state index < -0.39 is 5.91 Å². The summed E-state index contributed by atoms with van der Waals surface area (Å²) in [7, 11) is 0. The Bertz CT molecular complexity index is 594. The van der Waals surface area contributed by atoms with Crippen molar-refractivity contribution in [2.75, 3.05) is 5.32 Å². The van der Waals surface area contributed by atoms with Gasteiger partial charge in [-0.2, -0.15) is 5.10 Å². The number of amides is 1. The van der Waals surface area contributed by atoms with Gasteiger partial charge in [-0.25, -0.2) is 0 Å². The first-order valence-corrected chi connectivity index (χ1v) is 6.22. The molecule has 1 amide bonds. The number of nitrogens with one attached hydrogen (secondary N) is 1. The summed E-state index contributed by atoms with van der Waals surface area (Å²) in [5.74, 6) is -0.417. The number of carbonyl (C=O) groups is 1. The second-order valence-electron chi connectivity index (χ2n) is 4.33. The van der Waals surface area contributed by atoms with Crippen molar-refractivity contribution in [3.8, 4) is 0 Å². The van der Waals surface area contributed by atoms with E-state index in [2.05, 4.69) is 10.4 Å². The highest BCUT2D eigenvalue weighted by molar-refractivity contribution is 6.31. The summed E-state index contributed by atoms with van der Waals surface area (Å²) in [5.41, 5.74) is 8.06. The highest BCUT2D eigenvalue weighted by Gasteiger charge is 2.02. The van der Waals surface area contributed by atoms with Gasteiger partial charge in [-0.3, -0.25) is 9.48 Å². The van der Waals surface area contributed by atoms with Crippen LogP contribution in [0.5, 0.6) is 0 Å². The lowest BCUT2D eigenvalue weighted by molar-refractivity contribution is -0.118. The standard InChI is InChI=1S/C13H15ClN4O/c1-9-2-3-10(4-12(9)14)5-16-11-6-17-18(7-11)8-13(15)19/h2-4,6-7,16H,5,8H2,1H3,(H2,15,19). The van der Waals surface area contributed by atoms with E-state index in [1.54, 1.807) is 12.4 Å². The number of carbonyl (C=O) groups excluding carboxylic acids is 1. The molecule has 0 bridgehead atoms. The summed E-state index contributed by atoms with van der Waals surface area (Å²) in [6.45, 7) is 2.69. The third-order valence-electron chi connectivity index (χ3n) is 2.68. The van der Waals surface area contributed by atoms with E-state index in [9.17, 15) is 4.79 Å². The fourth-order valence-corrected chi connectivity index (χ4v) is 1.85. The van der Waals surface area contributed by atoms with Gasteiger partial charge in [0, 0.05) is 17.8 Å². The monoisotopic (exact) mass is 278 g/mol. The summed E-state index contributed by atoms with van der Waals surface area (Å²) in [5, 5.41) is 7.99. The lowest BCUT2D eigenvalue weighted by atomic mass is 10.1. The van der Waals surface area contributed by atoms with Gasteiger partial charge in [0.1, 0.15) is 6.54 Å². The molecule has 100 valence electrons. The SMILES string of the molecule is Cc1ccc(CNc2cnn(CC(N)=O)c2)cc1Cl. The molecule has 0 aliphatic carbocycles. The van der Waals surface area contributed by atoms with Crippen molar-refractivity contribution in [2.45, 2.75) is 20.0 Å². The second-order valence-corrected chi connectivity index (χ2v) is 4.74. The average molecular weight is 279 g/mol. The van der Waals surface area contributed by atoms with Crippen LogP contribution >= 0.6 is 11.6 Å². The molecule has 0 aliphatic rings. The summed E-state index contributed by atoms with van der Waals surface area (Å²) in [6, 6.07) is 5.93. The largest absolute Gasteiger partial charge is 0.378 e. The van der Waals surface area contributed by atoms with E-state index in [1.165, 1.54) is 4.68 Å². The summed E-state index contributed by atoms with van der Waals surface area (Å²) in [4.78, 5) is 10.8. The Morgan fingerprint density at radius 3 is 3.00 bits per heavy atom. The zero-order valence-corrected chi connectivity index (χ0v) is 11.3. The Balaban J connectivity index is 1.96. The molecule has 0 saturated heterocycles. The van der Waals surface area contributed by atoms with Crippen molar-refractivity contribution in [3.63, 3.8) is 0 Å². The Morgan fingerprint density at radius 2 is 2.32 bits per heavy atom. The van der Waals surface area contributed by atoms with Gasteiger partial charge in [0.15, 0.2) is 0 Å². The molecule has 0 fully saturated rings. The number of aromatic nitrogens is 2. The molecular weight excluding hydrogens is 264 g/mol. The molecule has 2 rings (SSSR count). The Hall–Kier alpha value is -2.01. The van der Waals surface area contributed by atoms with Crippen molar-refractivity contribution in [1.29, 1.82) is 0 Å². The predicted octanol–water partition coefficient (Wildman–Crippen LogP) is 1.94. The Morgan fingerprint density at radius 1 is 1.53 bits per heavy atom. The fourth-order valence-electron chi connectivity index (χ4n) is 1.65.